The molecule has 23 heavy (non-hydrogen) atoms. The smallest absolute Gasteiger partial charge is 0.315 e. The van der Waals surface area contributed by atoms with Gasteiger partial charge in [0.05, 0.1) is 24.9 Å². The van der Waals surface area contributed by atoms with Gasteiger partial charge in [0.25, 0.3) is 0 Å². The first-order valence-electron chi connectivity index (χ1n) is 8.51. The molecule has 126 valence electrons. The average molecular weight is 318 g/mol. The molecule has 3 atom stereocenters. The van der Waals surface area contributed by atoms with Crippen molar-refractivity contribution in [2.75, 3.05) is 6.61 Å². The Hall–Kier alpha value is -1.75. The van der Waals surface area contributed by atoms with E-state index < -0.39 is 0 Å². The molecule has 2 saturated heterocycles. The van der Waals surface area contributed by atoms with Crippen LogP contribution >= 0.6 is 0 Å². The Bertz CT molecular complexity index is 530. The first-order chi connectivity index (χ1) is 11.1. The van der Waals surface area contributed by atoms with Crippen LogP contribution in [0.3, 0.4) is 0 Å². The van der Waals surface area contributed by atoms with Crippen molar-refractivity contribution >= 4 is 6.03 Å². The Labute approximate surface area is 137 Å². The summed E-state index contributed by atoms with van der Waals surface area (Å²) in [4.78, 5) is 12.0. The van der Waals surface area contributed by atoms with Gasteiger partial charge in [-0.2, -0.15) is 0 Å². The molecule has 1 aromatic rings. The molecule has 0 aromatic heterocycles. The van der Waals surface area contributed by atoms with Crippen molar-refractivity contribution in [1.29, 1.82) is 0 Å². The minimum atomic E-state index is -0.119. The first kappa shape index (κ1) is 16.1. The zero-order valence-electron chi connectivity index (χ0n) is 13.9. The van der Waals surface area contributed by atoms with Crippen molar-refractivity contribution in [2.45, 2.75) is 57.9 Å². The van der Waals surface area contributed by atoms with Crippen molar-refractivity contribution in [3.63, 3.8) is 0 Å². The van der Waals surface area contributed by atoms with Gasteiger partial charge >= 0.3 is 6.03 Å². The van der Waals surface area contributed by atoms with Crippen molar-refractivity contribution in [3.8, 4) is 5.75 Å². The van der Waals surface area contributed by atoms with Crippen LogP contribution in [0.15, 0.2) is 24.3 Å². The summed E-state index contributed by atoms with van der Waals surface area (Å²) in [5.41, 5.74) is 1.06. The lowest BCUT2D eigenvalue weighted by atomic mass is 9.96. The van der Waals surface area contributed by atoms with Crippen LogP contribution in [-0.4, -0.2) is 30.9 Å². The fourth-order valence-electron chi connectivity index (χ4n) is 3.16. The SMILES string of the molecule is CC(C)COc1ccc(CNC(=O)N[C@@H]2C[C@H]3CC[C@@H]2O3)cc1. The Morgan fingerprint density at radius 2 is 2.09 bits per heavy atom. The molecule has 2 heterocycles. The Kier molecular flexibility index (Phi) is 5.06. The van der Waals surface area contributed by atoms with E-state index in [0.29, 0.717) is 25.2 Å². The number of hydrogen-bond donors (Lipinski definition) is 2. The first-order valence-corrected chi connectivity index (χ1v) is 8.51. The predicted molar refractivity (Wildman–Crippen MR) is 88.4 cm³/mol. The second kappa shape index (κ2) is 7.21. The number of rotatable bonds is 6. The maximum atomic E-state index is 12.0. The molecule has 0 radical (unpaired) electrons. The summed E-state index contributed by atoms with van der Waals surface area (Å²) in [7, 11) is 0. The summed E-state index contributed by atoms with van der Waals surface area (Å²) in [5.74, 6) is 1.38. The van der Waals surface area contributed by atoms with E-state index in [9.17, 15) is 4.79 Å². The second-order valence-electron chi connectivity index (χ2n) is 6.89. The van der Waals surface area contributed by atoms with Gasteiger partial charge in [-0.3, -0.25) is 0 Å². The summed E-state index contributed by atoms with van der Waals surface area (Å²) in [6.07, 6.45) is 3.70. The molecule has 5 heteroatoms. The molecule has 5 nitrogen and oxygen atoms in total. The number of fused-ring (bicyclic) bond motifs is 2. The lowest BCUT2D eigenvalue weighted by molar-refractivity contribution is 0.0981. The van der Waals surface area contributed by atoms with Crippen LogP contribution in [0.4, 0.5) is 4.79 Å². The van der Waals surface area contributed by atoms with Crippen LogP contribution < -0.4 is 15.4 Å². The van der Waals surface area contributed by atoms with Crippen molar-refractivity contribution in [1.82, 2.24) is 10.6 Å². The predicted octanol–water partition coefficient (Wildman–Crippen LogP) is 2.84. The minimum absolute atomic E-state index is 0.119. The molecular formula is C18H26N2O3. The van der Waals surface area contributed by atoms with Crippen molar-refractivity contribution in [3.05, 3.63) is 29.8 Å². The number of hydrogen-bond acceptors (Lipinski definition) is 3. The molecule has 2 aliphatic rings. The van der Waals surface area contributed by atoms with Crippen molar-refractivity contribution in [2.24, 2.45) is 5.92 Å². The van der Waals surface area contributed by atoms with E-state index in [4.69, 9.17) is 9.47 Å². The van der Waals surface area contributed by atoms with Gasteiger partial charge in [0.1, 0.15) is 5.75 Å². The molecule has 1 aromatic carbocycles. The van der Waals surface area contributed by atoms with Gasteiger partial charge < -0.3 is 20.1 Å². The van der Waals surface area contributed by atoms with E-state index >= 15 is 0 Å². The van der Waals surface area contributed by atoms with E-state index in [-0.39, 0.29) is 18.2 Å². The van der Waals surface area contributed by atoms with E-state index in [1.165, 1.54) is 0 Å². The quantitative estimate of drug-likeness (QED) is 0.848. The lowest BCUT2D eigenvalue weighted by Crippen LogP contribution is -2.46. The Balaban J connectivity index is 1.40. The highest BCUT2D eigenvalue weighted by molar-refractivity contribution is 5.74. The second-order valence-corrected chi connectivity index (χ2v) is 6.89. The van der Waals surface area contributed by atoms with Gasteiger partial charge in [0.15, 0.2) is 0 Å². The van der Waals surface area contributed by atoms with Gasteiger partial charge in [0.2, 0.25) is 0 Å². The third-order valence-corrected chi connectivity index (χ3v) is 4.38. The van der Waals surface area contributed by atoms with Crippen LogP contribution in [0.2, 0.25) is 0 Å². The molecule has 0 spiro atoms. The lowest BCUT2D eigenvalue weighted by Gasteiger charge is -2.20. The maximum absolute atomic E-state index is 12.0. The topological polar surface area (TPSA) is 59.6 Å². The van der Waals surface area contributed by atoms with Gasteiger partial charge in [-0.1, -0.05) is 26.0 Å². The minimum Gasteiger partial charge on any atom is -0.493 e. The number of ether oxygens (including phenoxy) is 2. The number of carbonyl (C=O) groups is 1. The normalized spacial score (nSPS) is 25.6. The molecule has 2 N–H and O–H groups in total. The number of nitrogens with one attached hydrogen (secondary N) is 2. The average Bonchev–Trinajstić information content (AvgIpc) is 3.14. The summed E-state index contributed by atoms with van der Waals surface area (Å²) in [6, 6.07) is 7.90. The highest BCUT2D eigenvalue weighted by Crippen LogP contribution is 2.34. The standard InChI is InChI=1S/C18H26N2O3/c1-12(2)11-22-14-5-3-13(4-6-14)10-19-18(21)20-16-9-15-7-8-17(16)23-15/h3-6,12,15-17H,7-11H2,1-2H3,(H2,19,20,21)/t15-,16-,17+/m1/s1. The highest BCUT2D eigenvalue weighted by atomic mass is 16.5. The molecule has 0 unspecified atom stereocenters. The maximum Gasteiger partial charge on any atom is 0.315 e. The third-order valence-electron chi connectivity index (χ3n) is 4.38. The zero-order valence-corrected chi connectivity index (χ0v) is 13.9. The third kappa shape index (κ3) is 4.38. The highest BCUT2D eigenvalue weighted by Gasteiger charge is 2.41. The number of carbonyl (C=O) groups excluding carboxylic acids is 1. The van der Waals surface area contributed by atoms with Crippen LogP contribution in [0.5, 0.6) is 5.75 Å². The number of urea groups is 1. The monoisotopic (exact) mass is 318 g/mol. The summed E-state index contributed by atoms with van der Waals surface area (Å²) in [5, 5.41) is 5.93. The molecule has 2 aliphatic heterocycles. The fraction of sp³-hybridized carbons (Fsp3) is 0.611. The molecule has 2 bridgehead atoms. The Morgan fingerprint density at radius 3 is 2.70 bits per heavy atom. The molecule has 0 saturated carbocycles. The molecule has 2 amide bonds. The number of amides is 2. The van der Waals surface area contributed by atoms with Gasteiger partial charge in [0, 0.05) is 6.54 Å². The summed E-state index contributed by atoms with van der Waals surface area (Å²) < 4.78 is 11.4. The van der Waals surface area contributed by atoms with E-state index in [1.807, 2.05) is 24.3 Å². The van der Waals surface area contributed by atoms with Gasteiger partial charge in [-0.05, 0) is 42.9 Å². The van der Waals surface area contributed by atoms with Crippen LogP contribution in [0.1, 0.15) is 38.7 Å². The van der Waals surface area contributed by atoms with E-state index in [1.54, 1.807) is 0 Å². The van der Waals surface area contributed by atoms with Crippen LogP contribution in [0.25, 0.3) is 0 Å². The largest absolute Gasteiger partial charge is 0.493 e. The summed E-state index contributed by atoms with van der Waals surface area (Å²) in [6.45, 7) is 5.47. The van der Waals surface area contributed by atoms with Crippen LogP contribution in [0, 0.1) is 5.92 Å². The molecule has 3 rings (SSSR count). The molecule has 2 fully saturated rings. The van der Waals surface area contributed by atoms with Crippen LogP contribution in [-0.2, 0) is 11.3 Å². The van der Waals surface area contributed by atoms with Gasteiger partial charge in [-0.25, -0.2) is 4.79 Å². The fourth-order valence-corrected chi connectivity index (χ4v) is 3.16. The summed E-state index contributed by atoms with van der Waals surface area (Å²) >= 11 is 0. The molecular weight excluding hydrogens is 292 g/mol. The number of benzene rings is 1. The van der Waals surface area contributed by atoms with E-state index in [0.717, 1.165) is 30.6 Å². The zero-order chi connectivity index (χ0) is 16.2. The Morgan fingerprint density at radius 1 is 1.30 bits per heavy atom. The van der Waals surface area contributed by atoms with E-state index in [2.05, 4.69) is 24.5 Å². The molecule has 0 aliphatic carbocycles. The van der Waals surface area contributed by atoms with Gasteiger partial charge in [-0.15, -0.1) is 0 Å². The van der Waals surface area contributed by atoms with Crippen molar-refractivity contribution < 1.29 is 14.3 Å².